The number of nitrogens with zero attached hydrogens (tertiary/aromatic N) is 3. The topological polar surface area (TPSA) is 39.9 Å². The van der Waals surface area contributed by atoms with Crippen molar-refractivity contribution < 1.29 is 4.74 Å². The van der Waals surface area contributed by atoms with Gasteiger partial charge in [0.05, 0.1) is 23.6 Å². The van der Waals surface area contributed by atoms with Gasteiger partial charge in [0.15, 0.2) is 0 Å². The van der Waals surface area contributed by atoms with Gasteiger partial charge in [-0.2, -0.15) is 0 Å². The molecule has 4 nitrogen and oxygen atoms in total. The molecular weight excluding hydrogens is 230 g/mol. The van der Waals surface area contributed by atoms with E-state index in [1.165, 1.54) is 6.04 Å². The Morgan fingerprint density at radius 1 is 1.35 bits per heavy atom. The molecule has 2 heterocycles. The molecule has 5 heteroatoms. The molecule has 0 fully saturated rings. The van der Waals surface area contributed by atoms with E-state index < -0.39 is 8.07 Å². The smallest absolute Gasteiger partial charge is 0.124 e. The molecule has 0 atom stereocenters. The Labute approximate surface area is 103 Å². The molecule has 0 saturated carbocycles. The van der Waals surface area contributed by atoms with Crippen LogP contribution in [-0.2, 0) is 11.5 Å². The van der Waals surface area contributed by atoms with Crippen LogP contribution in [0.15, 0.2) is 24.8 Å². The van der Waals surface area contributed by atoms with Crippen molar-refractivity contribution in [1.82, 2.24) is 14.5 Å². The van der Waals surface area contributed by atoms with Crippen LogP contribution in [0.5, 0.6) is 0 Å². The van der Waals surface area contributed by atoms with Gasteiger partial charge >= 0.3 is 0 Å². The standard InChI is InChI=1S/C12H19N3OSi/c1-17(2,3)7-6-16-10-15-9-14-11-4-5-13-8-12(11)15/h4-5,8-9H,6-7,10H2,1-3H3. The third-order valence-electron chi connectivity index (χ3n) is 2.65. The SMILES string of the molecule is C[Si](C)(C)CCOCn1cnc2ccncc21. The van der Waals surface area contributed by atoms with E-state index in [0.29, 0.717) is 6.73 Å². The number of hydrogen-bond donors (Lipinski definition) is 0. The minimum Gasteiger partial charge on any atom is -0.361 e. The van der Waals surface area contributed by atoms with E-state index >= 15 is 0 Å². The summed E-state index contributed by atoms with van der Waals surface area (Å²) in [5.41, 5.74) is 1.99. The normalized spacial score (nSPS) is 12.2. The van der Waals surface area contributed by atoms with E-state index in [1.807, 2.05) is 16.8 Å². The fraction of sp³-hybridized carbons (Fsp3) is 0.500. The summed E-state index contributed by atoms with van der Waals surface area (Å²) in [5, 5.41) is 0. The molecule has 0 amide bonds. The van der Waals surface area contributed by atoms with Crippen LogP contribution in [0.1, 0.15) is 0 Å². The number of aromatic nitrogens is 3. The fourth-order valence-electron chi connectivity index (χ4n) is 1.55. The van der Waals surface area contributed by atoms with Crippen LogP contribution in [0.2, 0.25) is 25.7 Å². The number of rotatable bonds is 5. The second-order valence-electron chi connectivity index (χ2n) is 5.43. The highest BCUT2D eigenvalue weighted by molar-refractivity contribution is 6.76. The lowest BCUT2D eigenvalue weighted by atomic mass is 10.4. The van der Waals surface area contributed by atoms with E-state index in [0.717, 1.165) is 17.6 Å². The van der Waals surface area contributed by atoms with Crippen molar-refractivity contribution in [2.75, 3.05) is 6.61 Å². The Morgan fingerprint density at radius 3 is 2.94 bits per heavy atom. The van der Waals surface area contributed by atoms with Gasteiger partial charge in [0.2, 0.25) is 0 Å². The summed E-state index contributed by atoms with van der Waals surface area (Å²) in [5.74, 6) is 0. The van der Waals surface area contributed by atoms with E-state index in [9.17, 15) is 0 Å². The lowest BCUT2D eigenvalue weighted by Gasteiger charge is -2.15. The Kier molecular flexibility index (Phi) is 3.59. The molecule has 0 saturated heterocycles. The summed E-state index contributed by atoms with van der Waals surface area (Å²) in [6, 6.07) is 3.10. The molecule has 0 aliphatic rings. The monoisotopic (exact) mass is 249 g/mol. The number of hydrogen-bond acceptors (Lipinski definition) is 3. The molecule has 0 spiro atoms. The molecule has 2 aromatic heterocycles. The van der Waals surface area contributed by atoms with Gasteiger partial charge in [-0.3, -0.25) is 4.98 Å². The first-order chi connectivity index (χ1) is 8.06. The second kappa shape index (κ2) is 4.97. The van der Waals surface area contributed by atoms with Crippen molar-refractivity contribution in [2.45, 2.75) is 32.4 Å². The summed E-state index contributed by atoms with van der Waals surface area (Å²) in [7, 11) is -0.995. The Bertz CT molecular complexity index is 490. The Hall–Kier alpha value is -1.20. The van der Waals surface area contributed by atoms with Crippen LogP contribution in [0.25, 0.3) is 11.0 Å². The number of fused-ring (bicyclic) bond motifs is 1. The molecule has 92 valence electrons. The number of ether oxygens (including phenoxy) is 1. The lowest BCUT2D eigenvalue weighted by molar-refractivity contribution is 0.0898. The van der Waals surface area contributed by atoms with Gasteiger partial charge in [-0.05, 0) is 12.1 Å². The van der Waals surface area contributed by atoms with Gasteiger partial charge in [-0.1, -0.05) is 19.6 Å². The molecule has 0 unspecified atom stereocenters. The number of pyridine rings is 1. The van der Waals surface area contributed by atoms with E-state index in [2.05, 4.69) is 29.6 Å². The van der Waals surface area contributed by atoms with Gasteiger partial charge in [0.25, 0.3) is 0 Å². The van der Waals surface area contributed by atoms with Crippen molar-refractivity contribution in [1.29, 1.82) is 0 Å². The summed E-state index contributed by atoms with van der Waals surface area (Å²) in [6.45, 7) is 8.45. The molecule has 0 bridgehead atoms. The molecule has 2 aromatic rings. The Morgan fingerprint density at radius 2 is 2.18 bits per heavy atom. The van der Waals surface area contributed by atoms with Gasteiger partial charge in [0.1, 0.15) is 6.73 Å². The minimum absolute atomic E-state index is 0.562. The summed E-state index contributed by atoms with van der Waals surface area (Å²) >= 11 is 0. The average molecular weight is 249 g/mol. The highest BCUT2D eigenvalue weighted by Gasteiger charge is 2.12. The van der Waals surface area contributed by atoms with Crippen molar-refractivity contribution in [2.24, 2.45) is 0 Å². The van der Waals surface area contributed by atoms with Crippen LogP contribution in [0, 0.1) is 0 Å². The number of imidazole rings is 1. The molecule has 0 aliphatic heterocycles. The molecule has 2 rings (SSSR count). The molecule has 17 heavy (non-hydrogen) atoms. The van der Waals surface area contributed by atoms with Gasteiger partial charge in [-0.25, -0.2) is 4.98 Å². The zero-order valence-corrected chi connectivity index (χ0v) is 11.7. The molecule has 0 aromatic carbocycles. The third-order valence-corrected chi connectivity index (χ3v) is 4.35. The average Bonchev–Trinajstić information content (AvgIpc) is 2.67. The lowest BCUT2D eigenvalue weighted by Crippen LogP contribution is -2.21. The zero-order chi connectivity index (χ0) is 12.3. The highest BCUT2D eigenvalue weighted by atomic mass is 28.3. The van der Waals surface area contributed by atoms with Gasteiger partial charge in [-0.15, -0.1) is 0 Å². The van der Waals surface area contributed by atoms with Crippen molar-refractivity contribution in [3.8, 4) is 0 Å². The Balaban J connectivity index is 1.91. The molecular formula is C12H19N3OSi. The summed E-state index contributed by atoms with van der Waals surface area (Å²) in [4.78, 5) is 8.40. The molecule has 0 radical (unpaired) electrons. The van der Waals surface area contributed by atoms with Crippen LogP contribution in [0.4, 0.5) is 0 Å². The molecule has 0 aliphatic carbocycles. The first-order valence-electron chi connectivity index (χ1n) is 5.89. The van der Waals surface area contributed by atoms with Crippen molar-refractivity contribution >= 4 is 19.1 Å². The van der Waals surface area contributed by atoms with Crippen LogP contribution < -0.4 is 0 Å². The third kappa shape index (κ3) is 3.37. The van der Waals surface area contributed by atoms with Gasteiger partial charge in [0, 0.05) is 20.9 Å². The van der Waals surface area contributed by atoms with Crippen LogP contribution in [0.3, 0.4) is 0 Å². The minimum atomic E-state index is -0.995. The van der Waals surface area contributed by atoms with Crippen LogP contribution >= 0.6 is 0 Å². The zero-order valence-electron chi connectivity index (χ0n) is 10.7. The molecule has 0 N–H and O–H groups in total. The highest BCUT2D eigenvalue weighted by Crippen LogP contribution is 2.11. The predicted molar refractivity (Wildman–Crippen MR) is 71.6 cm³/mol. The van der Waals surface area contributed by atoms with Crippen molar-refractivity contribution in [3.05, 3.63) is 24.8 Å². The maximum Gasteiger partial charge on any atom is 0.124 e. The fourth-order valence-corrected chi connectivity index (χ4v) is 2.30. The maximum atomic E-state index is 5.69. The largest absolute Gasteiger partial charge is 0.361 e. The van der Waals surface area contributed by atoms with Gasteiger partial charge < -0.3 is 9.30 Å². The predicted octanol–water partition coefficient (Wildman–Crippen LogP) is 2.74. The quantitative estimate of drug-likeness (QED) is 0.604. The van der Waals surface area contributed by atoms with E-state index in [-0.39, 0.29) is 0 Å². The van der Waals surface area contributed by atoms with E-state index in [4.69, 9.17) is 4.74 Å². The maximum absolute atomic E-state index is 5.69. The van der Waals surface area contributed by atoms with E-state index in [1.54, 1.807) is 12.5 Å². The summed E-state index contributed by atoms with van der Waals surface area (Å²) < 4.78 is 7.68. The first kappa shape index (κ1) is 12.3. The summed E-state index contributed by atoms with van der Waals surface area (Å²) in [6.07, 6.45) is 5.39. The second-order valence-corrected chi connectivity index (χ2v) is 11.0. The van der Waals surface area contributed by atoms with Crippen LogP contribution in [-0.4, -0.2) is 29.2 Å². The van der Waals surface area contributed by atoms with Crippen molar-refractivity contribution in [3.63, 3.8) is 0 Å². The first-order valence-corrected chi connectivity index (χ1v) is 9.59.